The first-order valence-electron chi connectivity index (χ1n) is 6.49. The molecule has 0 saturated heterocycles. The lowest BCUT2D eigenvalue weighted by Crippen LogP contribution is -2.25. The van der Waals surface area contributed by atoms with E-state index in [1.807, 2.05) is 0 Å². The molecule has 0 heterocycles. The van der Waals surface area contributed by atoms with E-state index in [0.29, 0.717) is 12.8 Å². The molecular weight excluding hydrogens is 321 g/mol. The molecule has 1 aromatic rings. The van der Waals surface area contributed by atoms with Crippen molar-refractivity contribution in [3.8, 4) is 0 Å². The number of carboxylic acid groups (broad SMARTS) is 1. The predicted molar refractivity (Wildman–Crippen MR) is 77.3 cm³/mol. The van der Waals surface area contributed by atoms with Crippen molar-refractivity contribution in [3.05, 3.63) is 29.0 Å². The van der Waals surface area contributed by atoms with Crippen LogP contribution in [0.15, 0.2) is 23.1 Å². The Balaban J connectivity index is 2.38. The summed E-state index contributed by atoms with van der Waals surface area (Å²) in [6.45, 7) is 0.225. The zero-order valence-electron chi connectivity index (χ0n) is 11.3. The number of aliphatic carboxylic acids is 1. The molecule has 118 valence electrons. The van der Waals surface area contributed by atoms with Gasteiger partial charge in [0.1, 0.15) is 10.7 Å². The van der Waals surface area contributed by atoms with E-state index >= 15 is 0 Å². The number of hydrogen-bond acceptors (Lipinski definition) is 3. The van der Waals surface area contributed by atoms with Crippen molar-refractivity contribution in [1.82, 2.24) is 4.72 Å². The number of benzene rings is 1. The standard InChI is InChI=1S/C13H17ClFNO4S/c14-11-9-10(15)6-7-12(11)21(19,20)16-8-4-2-1-3-5-13(17)18/h6-7,9,16H,1-5,8H2,(H,17,18). The van der Waals surface area contributed by atoms with Crippen molar-refractivity contribution < 1.29 is 22.7 Å². The van der Waals surface area contributed by atoms with Crippen LogP contribution in [0.5, 0.6) is 0 Å². The van der Waals surface area contributed by atoms with Gasteiger partial charge in [0, 0.05) is 13.0 Å². The number of sulfonamides is 1. The third kappa shape index (κ3) is 6.41. The Morgan fingerprint density at radius 2 is 1.90 bits per heavy atom. The number of nitrogens with one attached hydrogen (secondary N) is 1. The SMILES string of the molecule is O=C(O)CCCCCCNS(=O)(=O)c1ccc(F)cc1Cl. The minimum atomic E-state index is -3.76. The highest BCUT2D eigenvalue weighted by Crippen LogP contribution is 2.21. The van der Waals surface area contributed by atoms with E-state index in [0.717, 1.165) is 31.0 Å². The van der Waals surface area contributed by atoms with Gasteiger partial charge in [-0.1, -0.05) is 24.4 Å². The average molecular weight is 338 g/mol. The molecule has 0 aromatic heterocycles. The van der Waals surface area contributed by atoms with Gasteiger partial charge in [-0.05, 0) is 31.0 Å². The fourth-order valence-electron chi connectivity index (χ4n) is 1.73. The highest BCUT2D eigenvalue weighted by atomic mass is 35.5. The molecule has 0 saturated carbocycles. The normalized spacial score (nSPS) is 11.5. The van der Waals surface area contributed by atoms with Gasteiger partial charge in [-0.3, -0.25) is 4.79 Å². The Morgan fingerprint density at radius 3 is 2.52 bits per heavy atom. The fraction of sp³-hybridized carbons (Fsp3) is 0.462. The van der Waals surface area contributed by atoms with Crippen molar-refractivity contribution >= 4 is 27.6 Å². The van der Waals surface area contributed by atoms with Gasteiger partial charge in [0.2, 0.25) is 10.0 Å². The summed E-state index contributed by atoms with van der Waals surface area (Å²) >= 11 is 5.71. The van der Waals surface area contributed by atoms with Crippen LogP contribution in [0, 0.1) is 5.82 Å². The zero-order chi connectivity index (χ0) is 15.9. The van der Waals surface area contributed by atoms with Crippen LogP contribution in [0.3, 0.4) is 0 Å². The second kappa shape index (κ2) is 8.31. The molecule has 0 aliphatic carbocycles. The Bertz CT molecular complexity index is 592. The number of unbranched alkanes of at least 4 members (excludes halogenated alkanes) is 3. The molecule has 8 heteroatoms. The molecule has 0 atom stereocenters. The van der Waals surface area contributed by atoms with E-state index in [4.69, 9.17) is 16.7 Å². The van der Waals surface area contributed by atoms with Crippen molar-refractivity contribution in [3.63, 3.8) is 0 Å². The average Bonchev–Trinajstić information content (AvgIpc) is 2.36. The summed E-state index contributed by atoms with van der Waals surface area (Å²) < 4.78 is 39.2. The Morgan fingerprint density at radius 1 is 1.24 bits per heavy atom. The largest absolute Gasteiger partial charge is 0.481 e. The lowest BCUT2D eigenvalue weighted by atomic mass is 10.1. The van der Waals surface area contributed by atoms with Crippen molar-refractivity contribution in [2.45, 2.75) is 37.0 Å². The Labute approximate surface area is 128 Å². The van der Waals surface area contributed by atoms with Crippen molar-refractivity contribution in [1.29, 1.82) is 0 Å². The lowest BCUT2D eigenvalue weighted by Gasteiger charge is -2.08. The number of hydrogen-bond donors (Lipinski definition) is 2. The van der Waals surface area contributed by atoms with Gasteiger partial charge in [-0.15, -0.1) is 0 Å². The van der Waals surface area contributed by atoms with Crippen LogP contribution >= 0.6 is 11.6 Å². The zero-order valence-corrected chi connectivity index (χ0v) is 12.9. The van der Waals surface area contributed by atoms with Gasteiger partial charge < -0.3 is 5.11 Å². The molecule has 0 unspecified atom stereocenters. The smallest absolute Gasteiger partial charge is 0.303 e. The van der Waals surface area contributed by atoms with Gasteiger partial charge in [-0.2, -0.15) is 0 Å². The van der Waals surface area contributed by atoms with E-state index in [2.05, 4.69) is 4.72 Å². The molecular formula is C13H17ClFNO4S. The van der Waals surface area contributed by atoms with Crippen molar-refractivity contribution in [2.75, 3.05) is 6.54 Å². The number of halogens is 2. The van der Waals surface area contributed by atoms with Crippen LogP contribution in [0.4, 0.5) is 4.39 Å². The lowest BCUT2D eigenvalue weighted by molar-refractivity contribution is -0.137. The van der Waals surface area contributed by atoms with E-state index < -0.39 is 21.8 Å². The third-order valence-electron chi connectivity index (χ3n) is 2.79. The third-order valence-corrected chi connectivity index (χ3v) is 4.74. The Kier molecular flexibility index (Phi) is 7.07. The molecule has 21 heavy (non-hydrogen) atoms. The van der Waals surface area contributed by atoms with E-state index in [9.17, 15) is 17.6 Å². The monoisotopic (exact) mass is 337 g/mol. The summed E-state index contributed by atoms with van der Waals surface area (Å²) in [6.07, 6.45) is 2.75. The van der Waals surface area contributed by atoms with Crippen LogP contribution in [0.25, 0.3) is 0 Å². The Hall–Kier alpha value is -1.18. The molecule has 2 N–H and O–H groups in total. The summed E-state index contributed by atoms with van der Waals surface area (Å²) in [6, 6.07) is 3.10. The van der Waals surface area contributed by atoms with E-state index in [-0.39, 0.29) is 22.9 Å². The number of carbonyl (C=O) groups is 1. The molecule has 0 bridgehead atoms. The van der Waals surface area contributed by atoms with Crippen LogP contribution < -0.4 is 4.72 Å². The molecule has 0 aliphatic heterocycles. The number of rotatable bonds is 9. The molecule has 0 fully saturated rings. The first kappa shape index (κ1) is 17.9. The second-order valence-electron chi connectivity index (χ2n) is 4.53. The predicted octanol–water partition coefficient (Wildman–Crippen LogP) is 2.79. The summed E-state index contributed by atoms with van der Waals surface area (Å²) in [5.74, 6) is -1.43. The van der Waals surface area contributed by atoms with Gasteiger partial charge in [0.25, 0.3) is 0 Å². The second-order valence-corrected chi connectivity index (χ2v) is 6.67. The summed E-state index contributed by atoms with van der Waals surface area (Å²) in [5, 5.41) is 8.30. The molecule has 0 spiro atoms. The van der Waals surface area contributed by atoms with Gasteiger partial charge >= 0.3 is 5.97 Å². The maximum Gasteiger partial charge on any atom is 0.303 e. The quantitative estimate of drug-likeness (QED) is 0.679. The van der Waals surface area contributed by atoms with E-state index in [1.54, 1.807) is 0 Å². The van der Waals surface area contributed by atoms with Gasteiger partial charge in [0.05, 0.1) is 5.02 Å². The molecule has 0 aliphatic rings. The van der Waals surface area contributed by atoms with Crippen LogP contribution in [0.1, 0.15) is 32.1 Å². The first-order valence-corrected chi connectivity index (χ1v) is 8.35. The molecule has 1 rings (SSSR count). The maximum atomic E-state index is 12.9. The van der Waals surface area contributed by atoms with Gasteiger partial charge in [0.15, 0.2) is 0 Å². The van der Waals surface area contributed by atoms with Gasteiger partial charge in [-0.25, -0.2) is 17.5 Å². The molecule has 0 amide bonds. The minimum Gasteiger partial charge on any atom is -0.481 e. The van der Waals surface area contributed by atoms with Crippen molar-refractivity contribution in [2.24, 2.45) is 0 Å². The maximum absolute atomic E-state index is 12.9. The number of carboxylic acids is 1. The van der Waals surface area contributed by atoms with E-state index in [1.165, 1.54) is 0 Å². The molecule has 0 radical (unpaired) electrons. The highest BCUT2D eigenvalue weighted by Gasteiger charge is 2.17. The summed E-state index contributed by atoms with van der Waals surface area (Å²) in [4.78, 5) is 10.1. The summed E-state index contributed by atoms with van der Waals surface area (Å²) in [5.41, 5.74) is 0. The molecule has 5 nitrogen and oxygen atoms in total. The topological polar surface area (TPSA) is 83.5 Å². The van der Waals surface area contributed by atoms with Crippen LogP contribution in [0.2, 0.25) is 5.02 Å². The van der Waals surface area contributed by atoms with Crippen LogP contribution in [-0.2, 0) is 14.8 Å². The first-order chi connectivity index (χ1) is 9.83. The highest BCUT2D eigenvalue weighted by molar-refractivity contribution is 7.89. The molecule has 1 aromatic carbocycles. The fourth-order valence-corrected chi connectivity index (χ4v) is 3.34. The minimum absolute atomic E-state index is 0.122. The van der Waals surface area contributed by atoms with Crippen LogP contribution in [-0.4, -0.2) is 26.0 Å². The summed E-state index contributed by atoms with van der Waals surface area (Å²) in [7, 11) is -3.76.